The zero-order valence-electron chi connectivity index (χ0n) is 15.4. The van der Waals surface area contributed by atoms with Crippen LogP contribution in [-0.2, 0) is 22.6 Å². The monoisotopic (exact) mass is 415 g/mol. The molecule has 4 aromatic rings. The Morgan fingerprint density at radius 2 is 1.93 bits per heavy atom. The average molecular weight is 416 g/mol. The van der Waals surface area contributed by atoms with Crippen LogP contribution in [0.5, 0.6) is 0 Å². The van der Waals surface area contributed by atoms with Crippen molar-refractivity contribution in [3.63, 3.8) is 0 Å². The van der Waals surface area contributed by atoms with Crippen molar-refractivity contribution in [2.45, 2.75) is 12.7 Å². The van der Waals surface area contributed by atoms with Crippen molar-refractivity contribution in [2.75, 3.05) is 5.75 Å². The first-order chi connectivity index (χ1) is 13.3. The molecule has 0 N–H and O–H groups in total. The van der Waals surface area contributed by atoms with Gasteiger partial charge in [0.25, 0.3) is 0 Å². The summed E-state index contributed by atoms with van der Waals surface area (Å²) in [6.45, 7) is 1.62. The molecule has 0 aliphatic rings. The Morgan fingerprint density at radius 3 is 2.64 bits per heavy atom. The molecule has 0 radical (unpaired) electrons. The lowest BCUT2D eigenvalue weighted by Gasteiger charge is -2.07. The van der Waals surface area contributed by atoms with E-state index in [-0.39, 0.29) is 16.7 Å². The maximum Gasteiger partial charge on any atom is 0.155 e. The highest BCUT2D eigenvalue weighted by Crippen LogP contribution is 2.27. The lowest BCUT2D eigenvalue weighted by atomic mass is 10.1. The summed E-state index contributed by atoms with van der Waals surface area (Å²) >= 11 is 6.15. The van der Waals surface area contributed by atoms with Gasteiger partial charge in [-0.15, -0.1) is 0 Å². The van der Waals surface area contributed by atoms with Crippen LogP contribution in [0.25, 0.3) is 28.0 Å². The Kier molecular flexibility index (Phi) is 4.68. The molecule has 9 heteroatoms. The molecule has 0 fully saturated rings. The number of imidazole rings is 1. The van der Waals surface area contributed by atoms with Gasteiger partial charge >= 0.3 is 0 Å². The zero-order valence-corrected chi connectivity index (χ0v) is 16.9. The minimum absolute atomic E-state index is 0.0588. The predicted molar refractivity (Wildman–Crippen MR) is 109 cm³/mol. The van der Waals surface area contributed by atoms with Crippen LogP contribution in [0.1, 0.15) is 12.6 Å². The Balaban J connectivity index is 1.76. The molecule has 0 atom stereocenters. The van der Waals surface area contributed by atoms with Gasteiger partial charge in [0.2, 0.25) is 0 Å². The van der Waals surface area contributed by atoms with E-state index in [1.54, 1.807) is 36.1 Å². The second kappa shape index (κ2) is 7.03. The van der Waals surface area contributed by atoms with E-state index in [1.165, 1.54) is 0 Å². The fourth-order valence-corrected chi connectivity index (χ4v) is 4.07. The van der Waals surface area contributed by atoms with E-state index in [1.807, 2.05) is 36.0 Å². The Bertz CT molecular complexity index is 1280. The van der Waals surface area contributed by atoms with Crippen LogP contribution in [0.15, 0.2) is 49.1 Å². The second-order valence-corrected chi connectivity index (χ2v) is 9.28. The highest BCUT2D eigenvalue weighted by atomic mass is 35.5. The third kappa shape index (κ3) is 3.65. The molecule has 0 amide bonds. The summed E-state index contributed by atoms with van der Waals surface area (Å²) < 4.78 is 27.6. The number of fused-ring (bicyclic) bond motifs is 1. The topological polar surface area (TPSA) is 82.1 Å². The molecule has 7 nitrogen and oxygen atoms in total. The average Bonchev–Trinajstić information content (AvgIpc) is 3.26. The Morgan fingerprint density at radius 1 is 1.11 bits per heavy atom. The van der Waals surface area contributed by atoms with Crippen molar-refractivity contribution in [1.82, 2.24) is 24.1 Å². The van der Waals surface area contributed by atoms with Crippen molar-refractivity contribution in [3.8, 4) is 22.4 Å². The van der Waals surface area contributed by atoms with Gasteiger partial charge in [-0.1, -0.05) is 18.5 Å². The first kappa shape index (κ1) is 18.6. The molecule has 144 valence electrons. The second-order valence-electron chi connectivity index (χ2n) is 6.54. The standard InChI is InChI=1S/C19H18ClN5O2S/c1-3-28(26,27)12-16-6-14(7-18(20)23-16)17-10-21-19-8-13(4-5-25(17)19)15-9-22-24(2)11-15/h4-11H,3,12H2,1-2H3. The number of aryl methyl sites for hydroxylation is 1. The molecule has 0 spiro atoms. The first-order valence-corrected chi connectivity index (χ1v) is 10.9. The third-order valence-corrected chi connectivity index (χ3v) is 6.31. The molecule has 0 aliphatic carbocycles. The van der Waals surface area contributed by atoms with Gasteiger partial charge in [0.05, 0.1) is 29.5 Å². The molecule has 4 heterocycles. The normalized spacial score (nSPS) is 12.0. The number of nitrogens with zero attached hydrogens (tertiary/aromatic N) is 5. The lowest BCUT2D eigenvalue weighted by Crippen LogP contribution is -2.08. The largest absolute Gasteiger partial charge is 0.300 e. The summed E-state index contributed by atoms with van der Waals surface area (Å²) in [4.78, 5) is 8.65. The number of aromatic nitrogens is 5. The number of pyridine rings is 2. The Labute approximate surface area is 167 Å². The van der Waals surface area contributed by atoms with Gasteiger partial charge in [0.1, 0.15) is 10.8 Å². The highest BCUT2D eigenvalue weighted by molar-refractivity contribution is 7.90. The van der Waals surface area contributed by atoms with Crippen molar-refractivity contribution >= 4 is 27.1 Å². The van der Waals surface area contributed by atoms with E-state index >= 15 is 0 Å². The van der Waals surface area contributed by atoms with Crippen LogP contribution in [0, 0.1) is 0 Å². The van der Waals surface area contributed by atoms with E-state index in [0.29, 0.717) is 5.69 Å². The van der Waals surface area contributed by atoms with E-state index in [9.17, 15) is 8.42 Å². The number of sulfone groups is 1. The van der Waals surface area contributed by atoms with Crippen LogP contribution in [0.3, 0.4) is 0 Å². The van der Waals surface area contributed by atoms with Crippen LogP contribution in [0.2, 0.25) is 5.15 Å². The van der Waals surface area contributed by atoms with Crippen LogP contribution in [-0.4, -0.2) is 38.3 Å². The zero-order chi connectivity index (χ0) is 19.9. The van der Waals surface area contributed by atoms with Gasteiger partial charge in [-0.3, -0.25) is 9.08 Å². The molecule has 0 aromatic carbocycles. The molecule has 0 unspecified atom stereocenters. The van der Waals surface area contributed by atoms with E-state index in [0.717, 1.165) is 28.0 Å². The molecule has 0 bridgehead atoms. The molecule has 28 heavy (non-hydrogen) atoms. The molecule has 0 saturated carbocycles. The lowest BCUT2D eigenvalue weighted by molar-refractivity contribution is 0.596. The fourth-order valence-electron chi connectivity index (χ4n) is 3.04. The van der Waals surface area contributed by atoms with Gasteiger partial charge in [0, 0.05) is 36.3 Å². The van der Waals surface area contributed by atoms with Crippen molar-refractivity contribution < 1.29 is 8.42 Å². The summed E-state index contributed by atoms with van der Waals surface area (Å²) in [6.07, 6.45) is 7.42. The smallest absolute Gasteiger partial charge is 0.155 e. The van der Waals surface area contributed by atoms with Crippen LogP contribution < -0.4 is 0 Å². The molecular formula is C19H18ClN5O2S. The molecular weight excluding hydrogens is 398 g/mol. The van der Waals surface area contributed by atoms with Crippen molar-refractivity contribution in [3.05, 3.63) is 59.9 Å². The number of halogens is 1. The van der Waals surface area contributed by atoms with Gasteiger partial charge in [-0.25, -0.2) is 18.4 Å². The van der Waals surface area contributed by atoms with Gasteiger partial charge < -0.3 is 0 Å². The van der Waals surface area contributed by atoms with Gasteiger partial charge in [-0.05, 0) is 29.8 Å². The molecule has 0 saturated heterocycles. The van der Waals surface area contributed by atoms with E-state index in [4.69, 9.17) is 11.6 Å². The van der Waals surface area contributed by atoms with Crippen LogP contribution >= 0.6 is 11.6 Å². The maximum absolute atomic E-state index is 12.0. The number of hydrogen-bond acceptors (Lipinski definition) is 5. The predicted octanol–water partition coefficient (Wildman–Crippen LogP) is 3.38. The quantitative estimate of drug-likeness (QED) is 0.466. The highest BCUT2D eigenvalue weighted by Gasteiger charge is 2.14. The minimum atomic E-state index is -3.20. The third-order valence-electron chi connectivity index (χ3n) is 4.50. The number of rotatable bonds is 5. The summed E-state index contributed by atoms with van der Waals surface area (Å²) in [6, 6.07) is 7.42. The SMILES string of the molecule is CCS(=O)(=O)Cc1cc(-c2cnc3cc(-c4cnn(C)c4)ccn23)cc(Cl)n1. The summed E-state index contributed by atoms with van der Waals surface area (Å²) in [7, 11) is -1.33. The van der Waals surface area contributed by atoms with Crippen LogP contribution in [0.4, 0.5) is 0 Å². The minimum Gasteiger partial charge on any atom is -0.300 e. The van der Waals surface area contributed by atoms with E-state index < -0.39 is 9.84 Å². The van der Waals surface area contributed by atoms with Gasteiger partial charge in [0.15, 0.2) is 9.84 Å². The number of hydrogen-bond donors (Lipinski definition) is 0. The summed E-state index contributed by atoms with van der Waals surface area (Å²) in [5.41, 5.74) is 4.79. The van der Waals surface area contributed by atoms with Crippen molar-refractivity contribution in [1.29, 1.82) is 0 Å². The first-order valence-electron chi connectivity index (χ1n) is 8.68. The molecule has 4 aromatic heterocycles. The van der Waals surface area contributed by atoms with Crippen molar-refractivity contribution in [2.24, 2.45) is 7.05 Å². The molecule has 0 aliphatic heterocycles. The summed E-state index contributed by atoms with van der Waals surface area (Å²) in [5, 5.41) is 4.45. The van der Waals surface area contributed by atoms with Gasteiger partial charge in [-0.2, -0.15) is 5.10 Å². The molecule has 4 rings (SSSR count). The van der Waals surface area contributed by atoms with E-state index in [2.05, 4.69) is 15.1 Å². The maximum atomic E-state index is 12.0. The summed E-state index contributed by atoms with van der Waals surface area (Å²) in [5.74, 6) is -0.0811. The fraction of sp³-hybridized carbons (Fsp3) is 0.211. The Hall–Kier alpha value is -2.71.